The van der Waals surface area contributed by atoms with Crippen LogP contribution in [-0.4, -0.2) is 136 Å². The zero-order valence-corrected chi connectivity index (χ0v) is 37.0. The summed E-state index contributed by atoms with van der Waals surface area (Å²) < 4.78 is 17.0. The fourth-order valence-corrected chi connectivity index (χ4v) is 8.61. The van der Waals surface area contributed by atoms with Crippen LogP contribution in [0, 0.1) is 29.6 Å². The normalized spacial score (nSPS) is 18.4. The Kier molecular flexibility index (Phi) is 23.6. The van der Waals surface area contributed by atoms with Gasteiger partial charge in [0.05, 0.1) is 49.8 Å². The summed E-state index contributed by atoms with van der Waals surface area (Å²) in [5, 5.41) is 2.87. The molecule has 1 fully saturated rings. The lowest BCUT2D eigenvalue weighted by Gasteiger charge is -2.41. The fraction of sp³-hybridized carbons (Fsp3) is 0.756. The molecule has 2 rings (SSSR count). The second-order valence-electron chi connectivity index (χ2n) is 16.7. The van der Waals surface area contributed by atoms with Crippen molar-refractivity contribution in [3.8, 4) is 0 Å². The smallest absolute Gasteiger partial charge is 0.328 e. The highest BCUT2D eigenvalue weighted by atomic mass is 16.5. The number of carbonyl (C=O) groups is 5. The van der Waals surface area contributed by atoms with Gasteiger partial charge in [0.15, 0.2) is 5.78 Å². The Morgan fingerprint density at radius 3 is 2.09 bits per heavy atom. The zero-order valence-electron chi connectivity index (χ0n) is 37.0. The molecule has 0 bridgehead atoms. The van der Waals surface area contributed by atoms with Gasteiger partial charge in [-0.2, -0.15) is 0 Å². The van der Waals surface area contributed by atoms with E-state index in [-0.39, 0.29) is 80.0 Å². The van der Waals surface area contributed by atoms with E-state index < -0.39 is 42.1 Å². The number of benzene rings is 1. The van der Waals surface area contributed by atoms with Crippen molar-refractivity contribution in [3.63, 3.8) is 0 Å². The number of methoxy groups -OCH3 is 3. The Bertz CT molecular complexity index is 1410. The summed E-state index contributed by atoms with van der Waals surface area (Å²) in [6, 6.07) is 7.35. The summed E-state index contributed by atoms with van der Waals surface area (Å²) in [7, 11) is 8.10. The van der Waals surface area contributed by atoms with Crippen molar-refractivity contribution in [2.45, 2.75) is 137 Å². The standard InChI is InChI=1S/C44H75N5O8.CH4/c1-13-30(6)40(48(9)43(53)33(28(2)3)26-36(50)39(29(4)5)47(8)23-18-22-45)37(55-10)27-38(51)49-24-17-21-35(49)41(56-11)31(7)42(52)46-34(44(54)57-12)25-32-19-15-14-16-20-32;/h14-16,19-20,28-31,33-35,37,39-41H,13,17-18,21-27,45H2,1-12H3,(H,46,52);1H4/t30-,31+,33-,34-,35-,37+,39-,40-,41+;/m0./s1. The average molecular weight is 818 g/mol. The third-order valence-electron chi connectivity index (χ3n) is 12.0. The van der Waals surface area contributed by atoms with E-state index in [9.17, 15) is 24.0 Å². The van der Waals surface area contributed by atoms with Crippen LogP contribution < -0.4 is 11.1 Å². The van der Waals surface area contributed by atoms with Crippen molar-refractivity contribution in [2.75, 3.05) is 55.1 Å². The van der Waals surface area contributed by atoms with Crippen LogP contribution >= 0.6 is 0 Å². The van der Waals surface area contributed by atoms with Gasteiger partial charge < -0.3 is 35.1 Å². The molecule has 58 heavy (non-hydrogen) atoms. The van der Waals surface area contributed by atoms with Gasteiger partial charge in [-0.3, -0.25) is 24.1 Å². The van der Waals surface area contributed by atoms with Crippen LogP contribution in [-0.2, 0) is 44.6 Å². The first-order valence-electron chi connectivity index (χ1n) is 21.0. The lowest BCUT2D eigenvalue weighted by molar-refractivity contribution is -0.150. The molecule has 9 atom stereocenters. The number of Topliss-reactive ketones (excluding diaryl/α,β-unsaturated/α-hetero) is 1. The molecule has 3 amide bonds. The summed E-state index contributed by atoms with van der Waals surface area (Å²) in [5.41, 5.74) is 6.63. The van der Waals surface area contributed by atoms with Crippen molar-refractivity contribution in [1.82, 2.24) is 20.0 Å². The highest BCUT2D eigenvalue weighted by Crippen LogP contribution is 2.31. The molecule has 1 aliphatic rings. The number of likely N-dealkylation sites (tertiary alicyclic amines) is 1. The number of hydrogen-bond donors (Lipinski definition) is 2. The summed E-state index contributed by atoms with van der Waals surface area (Å²) >= 11 is 0. The summed E-state index contributed by atoms with van der Waals surface area (Å²) in [6.07, 6.45) is 2.03. The first-order valence-corrected chi connectivity index (χ1v) is 21.0. The van der Waals surface area contributed by atoms with E-state index in [4.69, 9.17) is 19.9 Å². The lowest BCUT2D eigenvalue weighted by Crippen LogP contribution is -2.55. The molecule has 0 unspecified atom stereocenters. The summed E-state index contributed by atoms with van der Waals surface area (Å²) in [6.45, 7) is 15.6. The van der Waals surface area contributed by atoms with E-state index in [1.54, 1.807) is 30.9 Å². The molecule has 3 N–H and O–H groups in total. The van der Waals surface area contributed by atoms with Gasteiger partial charge in [-0.25, -0.2) is 4.79 Å². The Hall–Kier alpha value is -3.39. The van der Waals surface area contributed by atoms with Gasteiger partial charge in [0.25, 0.3) is 0 Å². The number of ether oxygens (including phenoxy) is 3. The molecule has 332 valence electrons. The number of amides is 3. The van der Waals surface area contributed by atoms with E-state index in [1.807, 2.05) is 65.1 Å². The second kappa shape index (κ2) is 26.0. The van der Waals surface area contributed by atoms with Gasteiger partial charge in [0.1, 0.15) is 6.04 Å². The highest BCUT2D eigenvalue weighted by molar-refractivity contribution is 5.90. The number of likely N-dealkylation sites (N-methyl/N-ethyl adjacent to an activating group) is 2. The van der Waals surface area contributed by atoms with Crippen LogP contribution in [0.25, 0.3) is 0 Å². The monoisotopic (exact) mass is 818 g/mol. The third kappa shape index (κ3) is 14.4. The molecule has 1 aromatic rings. The van der Waals surface area contributed by atoms with Crippen LogP contribution in [0.3, 0.4) is 0 Å². The lowest BCUT2D eigenvalue weighted by atomic mass is 9.83. The maximum atomic E-state index is 14.4. The number of hydrogen-bond acceptors (Lipinski definition) is 10. The van der Waals surface area contributed by atoms with Gasteiger partial charge in [0.2, 0.25) is 17.7 Å². The molecule has 13 heteroatoms. The predicted octanol–water partition coefficient (Wildman–Crippen LogP) is 4.98. The molecule has 0 aliphatic carbocycles. The minimum absolute atomic E-state index is 0. The minimum Gasteiger partial charge on any atom is -0.467 e. The number of nitrogens with one attached hydrogen (secondary N) is 1. The Morgan fingerprint density at radius 2 is 1.57 bits per heavy atom. The molecule has 1 aromatic carbocycles. The quantitative estimate of drug-likeness (QED) is 0.129. The molecular weight excluding hydrogens is 739 g/mol. The van der Waals surface area contributed by atoms with Crippen molar-refractivity contribution >= 4 is 29.5 Å². The van der Waals surface area contributed by atoms with E-state index in [2.05, 4.69) is 24.1 Å². The van der Waals surface area contributed by atoms with Crippen molar-refractivity contribution < 1.29 is 38.2 Å². The maximum Gasteiger partial charge on any atom is 0.328 e. The third-order valence-corrected chi connectivity index (χ3v) is 12.0. The van der Waals surface area contributed by atoms with Crippen LogP contribution in [0.15, 0.2) is 30.3 Å². The van der Waals surface area contributed by atoms with E-state index >= 15 is 0 Å². The second-order valence-corrected chi connectivity index (χ2v) is 16.7. The van der Waals surface area contributed by atoms with Crippen LogP contribution in [0.4, 0.5) is 0 Å². The number of carbonyl (C=O) groups excluding carboxylic acids is 5. The fourth-order valence-electron chi connectivity index (χ4n) is 8.61. The van der Waals surface area contributed by atoms with Gasteiger partial charge in [-0.1, -0.05) is 92.6 Å². The van der Waals surface area contributed by atoms with E-state index in [0.29, 0.717) is 26.1 Å². The first-order chi connectivity index (χ1) is 27.0. The SMILES string of the molecule is C.CC[C@H](C)[C@@H]([C@@H](CC(=O)N1CCC[C@H]1[C@H](OC)[C@@H](C)C(=O)N[C@@H](Cc1ccccc1)C(=O)OC)OC)N(C)C(=O)[C@@H](CC(=O)[C@H](C(C)C)N(C)CCCN)C(C)C. The number of ketones is 1. The minimum atomic E-state index is -0.890. The Labute approximate surface area is 350 Å². The van der Waals surface area contributed by atoms with Crippen LogP contribution in [0.1, 0.15) is 100.0 Å². The van der Waals surface area contributed by atoms with Crippen LogP contribution in [0.2, 0.25) is 0 Å². The van der Waals surface area contributed by atoms with E-state index in [0.717, 1.165) is 24.8 Å². The van der Waals surface area contributed by atoms with Crippen LogP contribution in [0.5, 0.6) is 0 Å². The molecule has 0 saturated carbocycles. The van der Waals surface area contributed by atoms with Crippen molar-refractivity contribution in [2.24, 2.45) is 35.3 Å². The molecule has 13 nitrogen and oxygen atoms in total. The van der Waals surface area contributed by atoms with Gasteiger partial charge in [-0.05, 0) is 62.7 Å². The largest absolute Gasteiger partial charge is 0.467 e. The predicted molar refractivity (Wildman–Crippen MR) is 230 cm³/mol. The topological polar surface area (TPSA) is 161 Å². The molecule has 1 aliphatic heterocycles. The number of nitrogens with zero attached hydrogens (tertiary/aromatic N) is 3. The first kappa shape index (κ1) is 52.6. The van der Waals surface area contributed by atoms with Gasteiger partial charge in [0, 0.05) is 46.6 Å². The summed E-state index contributed by atoms with van der Waals surface area (Å²) in [4.78, 5) is 74.5. The highest BCUT2D eigenvalue weighted by Gasteiger charge is 2.43. The van der Waals surface area contributed by atoms with Crippen molar-refractivity contribution in [3.05, 3.63) is 35.9 Å². The van der Waals surface area contributed by atoms with Gasteiger partial charge in [-0.15, -0.1) is 0 Å². The molecule has 0 spiro atoms. The number of rotatable bonds is 25. The zero-order chi connectivity index (χ0) is 43.0. The number of nitrogens with two attached hydrogens (primary N) is 1. The summed E-state index contributed by atoms with van der Waals surface area (Å²) in [5.74, 6) is -2.46. The maximum absolute atomic E-state index is 14.4. The number of esters is 1. The van der Waals surface area contributed by atoms with E-state index in [1.165, 1.54) is 14.2 Å². The Balaban J connectivity index is 0.0000168. The Morgan fingerprint density at radius 1 is 0.931 bits per heavy atom. The molecule has 1 heterocycles. The average Bonchev–Trinajstić information content (AvgIpc) is 3.67. The molecule has 0 radical (unpaired) electrons. The van der Waals surface area contributed by atoms with Gasteiger partial charge >= 0.3 is 5.97 Å². The van der Waals surface area contributed by atoms with Crippen molar-refractivity contribution in [1.29, 1.82) is 0 Å². The molecule has 1 saturated heterocycles. The molecule has 0 aromatic heterocycles. The molecular formula is C45H79N5O8.